The van der Waals surface area contributed by atoms with Gasteiger partial charge in [-0.1, -0.05) is 17.3 Å². The van der Waals surface area contributed by atoms with E-state index in [4.69, 9.17) is 10.9 Å². The summed E-state index contributed by atoms with van der Waals surface area (Å²) in [5.74, 6) is -0.335. The molecule has 0 fully saturated rings. The minimum Gasteiger partial charge on any atom is -0.409 e. The Hall–Kier alpha value is -2.70. The van der Waals surface area contributed by atoms with Crippen LogP contribution >= 0.6 is 0 Å². The van der Waals surface area contributed by atoms with Crippen molar-refractivity contribution in [1.82, 2.24) is 9.97 Å². The lowest BCUT2D eigenvalue weighted by molar-refractivity contribution is 0.318. The number of oxime groups is 1. The van der Waals surface area contributed by atoms with Crippen LogP contribution < -0.4 is 10.6 Å². The maximum absolute atomic E-state index is 14.0. The molecule has 0 aliphatic heterocycles. The molecule has 0 aliphatic rings. The lowest BCUT2D eigenvalue weighted by Gasteiger charge is -2.19. The van der Waals surface area contributed by atoms with E-state index >= 15 is 0 Å². The summed E-state index contributed by atoms with van der Waals surface area (Å²) in [5, 5.41) is 11.6. The van der Waals surface area contributed by atoms with Crippen molar-refractivity contribution in [2.24, 2.45) is 10.9 Å². The van der Waals surface area contributed by atoms with E-state index in [9.17, 15) is 4.39 Å². The number of nitrogens with two attached hydrogens (primary N) is 1. The predicted molar refractivity (Wildman–Crippen MR) is 73.7 cm³/mol. The summed E-state index contributed by atoms with van der Waals surface area (Å²) in [6.07, 6.45) is 1.30. The Morgan fingerprint density at radius 2 is 2.15 bits per heavy atom. The van der Waals surface area contributed by atoms with Crippen LogP contribution in [0.25, 0.3) is 0 Å². The largest absolute Gasteiger partial charge is 0.409 e. The Morgan fingerprint density at radius 1 is 1.40 bits per heavy atom. The quantitative estimate of drug-likeness (QED) is 0.386. The Morgan fingerprint density at radius 3 is 2.85 bits per heavy atom. The van der Waals surface area contributed by atoms with Gasteiger partial charge in [-0.2, -0.15) is 0 Å². The third-order valence-corrected chi connectivity index (χ3v) is 2.90. The number of hydrogen-bond donors (Lipinski definition) is 2. The van der Waals surface area contributed by atoms with Crippen LogP contribution in [0, 0.1) is 12.7 Å². The summed E-state index contributed by atoms with van der Waals surface area (Å²) >= 11 is 0. The van der Waals surface area contributed by atoms with E-state index in [1.165, 1.54) is 6.33 Å². The topological polar surface area (TPSA) is 87.6 Å². The van der Waals surface area contributed by atoms with E-state index in [0.29, 0.717) is 11.3 Å². The van der Waals surface area contributed by atoms with E-state index in [0.717, 1.165) is 0 Å². The molecular formula is C13H14FN5O. The molecule has 0 amide bonds. The Kier molecular flexibility index (Phi) is 3.79. The van der Waals surface area contributed by atoms with Gasteiger partial charge in [-0.05, 0) is 19.1 Å². The molecule has 104 valence electrons. The van der Waals surface area contributed by atoms with Crippen LogP contribution in [0.4, 0.5) is 15.9 Å². The van der Waals surface area contributed by atoms with Gasteiger partial charge in [0.2, 0.25) is 0 Å². The van der Waals surface area contributed by atoms with Crippen LogP contribution in [0.1, 0.15) is 11.3 Å². The first-order valence-electron chi connectivity index (χ1n) is 5.83. The zero-order valence-corrected chi connectivity index (χ0v) is 11.1. The summed E-state index contributed by atoms with van der Waals surface area (Å²) in [5.41, 5.74) is 7.00. The summed E-state index contributed by atoms with van der Waals surface area (Å²) in [7, 11) is 1.68. The molecule has 20 heavy (non-hydrogen) atoms. The van der Waals surface area contributed by atoms with Crippen molar-refractivity contribution in [1.29, 1.82) is 0 Å². The second-order valence-electron chi connectivity index (χ2n) is 4.19. The Labute approximate surface area is 115 Å². The van der Waals surface area contributed by atoms with Crippen molar-refractivity contribution in [2.75, 3.05) is 11.9 Å². The molecule has 0 saturated heterocycles. The molecule has 0 saturated carbocycles. The van der Waals surface area contributed by atoms with Crippen LogP contribution in [-0.4, -0.2) is 28.1 Å². The zero-order valence-electron chi connectivity index (χ0n) is 11.1. The third-order valence-electron chi connectivity index (χ3n) is 2.90. The number of hydrogen-bond acceptors (Lipinski definition) is 5. The highest BCUT2D eigenvalue weighted by Gasteiger charge is 2.14. The van der Waals surface area contributed by atoms with E-state index < -0.39 is 5.82 Å². The number of anilines is 2. The van der Waals surface area contributed by atoms with Gasteiger partial charge in [-0.3, -0.25) is 0 Å². The highest BCUT2D eigenvalue weighted by molar-refractivity contribution is 5.97. The molecule has 7 heteroatoms. The fourth-order valence-corrected chi connectivity index (χ4v) is 1.73. The first-order chi connectivity index (χ1) is 9.54. The second-order valence-corrected chi connectivity index (χ2v) is 4.19. The molecular weight excluding hydrogens is 261 g/mol. The predicted octanol–water partition coefficient (Wildman–Crippen LogP) is 1.79. The average Bonchev–Trinajstić information content (AvgIpc) is 2.48. The minimum absolute atomic E-state index is 0.0143. The average molecular weight is 275 g/mol. The van der Waals surface area contributed by atoms with Crippen LogP contribution in [0.15, 0.2) is 35.7 Å². The number of amidine groups is 1. The molecule has 6 nitrogen and oxygen atoms in total. The van der Waals surface area contributed by atoms with Crippen LogP contribution in [0.3, 0.4) is 0 Å². The molecule has 0 bridgehead atoms. The highest BCUT2D eigenvalue weighted by atomic mass is 19.1. The third kappa shape index (κ3) is 2.51. The molecule has 1 aromatic heterocycles. The van der Waals surface area contributed by atoms with Gasteiger partial charge in [0.05, 0.1) is 5.69 Å². The molecule has 1 heterocycles. The summed E-state index contributed by atoms with van der Waals surface area (Å²) in [6, 6.07) is 6.86. The Balaban J connectivity index is 2.43. The van der Waals surface area contributed by atoms with Crippen molar-refractivity contribution in [3.63, 3.8) is 0 Å². The first kappa shape index (κ1) is 13.7. The van der Waals surface area contributed by atoms with Gasteiger partial charge in [0.15, 0.2) is 17.5 Å². The number of aromatic nitrogens is 2. The smallest absolute Gasteiger partial charge is 0.187 e. The van der Waals surface area contributed by atoms with Crippen molar-refractivity contribution in [3.05, 3.63) is 47.7 Å². The van der Waals surface area contributed by atoms with Gasteiger partial charge in [0.25, 0.3) is 0 Å². The van der Waals surface area contributed by atoms with Crippen molar-refractivity contribution in [3.8, 4) is 0 Å². The lowest BCUT2D eigenvalue weighted by Crippen LogP contribution is -2.17. The summed E-state index contributed by atoms with van der Waals surface area (Å²) in [6.45, 7) is 1.57. The number of aryl methyl sites for hydroxylation is 1. The molecule has 0 aliphatic carbocycles. The molecule has 2 aromatic rings. The minimum atomic E-state index is -0.482. The standard InChI is InChI=1S/C13H14FN5O/c1-8-11(14)13(17-7-16-8)19(2)10-5-3-4-9(6-10)12(15)18-20/h3-7,20H,1-2H3,(H2,15,18). The summed E-state index contributed by atoms with van der Waals surface area (Å²) < 4.78 is 14.0. The monoisotopic (exact) mass is 275 g/mol. The van der Waals surface area contributed by atoms with E-state index in [1.807, 2.05) is 0 Å². The van der Waals surface area contributed by atoms with Crippen molar-refractivity contribution < 1.29 is 9.60 Å². The van der Waals surface area contributed by atoms with E-state index in [1.54, 1.807) is 43.1 Å². The van der Waals surface area contributed by atoms with Gasteiger partial charge in [-0.25, -0.2) is 14.4 Å². The Bertz CT molecular complexity index is 659. The molecule has 0 unspecified atom stereocenters. The zero-order chi connectivity index (χ0) is 14.7. The number of nitrogens with zero attached hydrogens (tertiary/aromatic N) is 4. The lowest BCUT2D eigenvalue weighted by atomic mass is 10.1. The van der Waals surface area contributed by atoms with E-state index in [-0.39, 0.29) is 17.3 Å². The molecule has 3 N–H and O–H groups in total. The first-order valence-corrected chi connectivity index (χ1v) is 5.83. The number of benzene rings is 1. The van der Waals surface area contributed by atoms with Crippen LogP contribution in [0.5, 0.6) is 0 Å². The highest BCUT2D eigenvalue weighted by Crippen LogP contribution is 2.25. The van der Waals surface area contributed by atoms with Gasteiger partial charge in [0, 0.05) is 18.3 Å². The van der Waals surface area contributed by atoms with Gasteiger partial charge < -0.3 is 15.8 Å². The molecule has 1 aromatic carbocycles. The van der Waals surface area contributed by atoms with Crippen molar-refractivity contribution >= 4 is 17.3 Å². The number of rotatable bonds is 3. The van der Waals surface area contributed by atoms with Crippen LogP contribution in [0.2, 0.25) is 0 Å². The molecule has 0 atom stereocenters. The molecule has 0 radical (unpaired) electrons. The molecule has 0 spiro atoms. The maximum atomic E-state index is 14.0. The van der Waals surface area contributed by atoms with E-state index in [2.05, 4.69) is 15.1 Å². The fourth-order valence-electron chi connectivity index (χ4n) is 1.73. The van der Waals surface area contributed by atoms with Gasteiger partial charge in [-0.15, -0.1) is 0 Å². The summed E-state index contributed by atoms with van der Waals surface area (Å²) in [4.78, 5) is 9.30. The maximum Gasteiger partial charge on any atom is 0.187 e. The second kappa shape index (κ2) is 5.52. The van der Waals surface area contributed by atoms with Gasteiger partial charge in [0.1, 0.15) is 6.33 Å². The van der Waals surface area contributed by atoms with Crippen molar-refractivity contribution in [2.45, 2.75) is 6.92 Å². The fraction of sp³-hybridized carbons (Fsp3) is 0.154. The van der Waals surface area contributed by atoms with Gasteiger partial charge >= 0.3 is 0 Å². The SMILES string of the molecule is Cc1ncnc(N(C)c2cccc(/C(N)=N/O)c2)c1F. The normalized spacial score (nSPS) is 11.4. The molecule has 2 rings (SSSR count). The number of halogens is 1. The van der Waals surface area contributed by atoms with Crippen LogP contribution in [-0.2, 0) is 0 Å².